The van der Waals surface area contributed by atoms with Crippen LogP contribution in [0, 0.1) is 0 Å². The van der Waals surface area contributed by atoms with Crippen molar-refractivity contribution >= 4 is 17.7 Å². The van der Waals surface area contributed by atoms with E-state index in [4.69, 9.17) is 9.47 Å². The van der Waals surface area contributed by atoms with Crippen molar-refractivity contribution in [3.05, 3.63) is 29.8 Å². The molecule has 98 valence electrons. The van der Waals surface area contributed by atoms with Gasteiger partial charge in [0, 0.05) is 11.0 Å². The number of rotatable bonds is 4. The minimum atomic E-state index is -0.764. The molecule has 1 aliphatic heterocycles. The molecule has 1 aromatic rings. The molecular formula is C13H15FO3S. The Labute approximate surface area is 110 Å². The zero-order chi connectivity index (χ0) is 13.0. The molecule has 0 amide bonds. The Morgan fingerprint density at radius 2 is 2.17 bits per heavy atom. The molecule has 2 unspecified atom stereocenters. The lowest BCUT2D eigenvalue weighted by Gasteiger charge is -2.09. The normalized spacial score (nSPS) is 22.8. The van der Waals surface area contributed by atoms with E-state index in [0.29, 0.717) is 23.5 Å². The SMILES string of the molecule is COc1ccc(C(=O)OCC2CC(F)CS2)cc1. The predicted octanol–water partition coefficient (Wildman–Crippen LogP) is 2.70. The van der Waals surface area contributed by atoms with E-state index in [9.17, 15) is 9.18 Å². The first-order valence-corrected chi connectivity index (χ1v) is 6.81. The Morgan fingerprint density at radius 3 is 2.72 bits per heavy atom. The summed E-state index contributed by atoms with van der Waals surface area (Å²) in [6.07, 6.45) is -0.291. The lowest BCUT2D eigenvalue weighted by molar-refractivity contribution is 0.0501. The molecular weight excluding hydrogens is 255 g/mol. The Bertz CT molecular complexity index is 407. The fraction of sp³-hybridized carbons (Fsp3) is 0.462. The maximum absolute atomic E-state index is 12.9. The van der Waals surface area contributed by atoms with Gasteiger partial charge in [0.05, 0.1) is 12.7 Å². The fourth-order valence-electron chi connectivity index (χ4n) is 1.76. The van der Waals surface area contributed by atoms with Crippen LogP contribution in [0.25, 0.3) is 0 Å². The molecule has 5 heteroatoms. The van der Waals surface area contributed by atoms with Crippen LogP contribution >= 0.6 is 11.8 Å². The van der Waals surface area contributed by atoms with E-state index in [1.807, 2.05) is 0 Å². The maximum Gasteiger partial charge on any atom is 0.338 e. The van der Waals surface area contributed by atoms with Gasteiger partial charge in [-0.25, -0.2) is 9.18 Å². The molecule has 2 rings (SSSR count). The first-order valence-electron chi connectivity index (χ1n) is 5.76. The molecule has 1 aromatic carbocycles. The van der Waals surface area contributed by atoms with E-state index in [2.05, 4.69) is 0 Å². The predicted molar refractivity (Wildman–Crippen MR) is 69.0 cm³/mol. The van der Waals surface area contributed by atoms with Crippen LogP contribution in [0.15, 0.2) is 24.3 Å². The molecule has 18 heavy (non-hydrogen) atoms. The number of thioether (sulfide) groups is 1. The van der Waals surface area contributed by atoms with Crippen LogP contribution in [0.3, 0.4) is 0 Å². The highest BCUT2D eigenvalue weighted by molar-refractivity contribution is 8.00. The Morgan fingerprint density at radius 1 is 1.44 bits per heavy atom. The standard InChI is InChI=1S/C13H15FO3S/c1-16-11-4-2-9(3-5-11)13(15)17-7-12-6-10(14)8-18-12/h2-5,10,12H,6-8H2,1H3. The largest absolute Gasteiger partial charge is 0.497 e. The van der Waals surface area contributed by atoms with Crippen LogP contribution in [0.1, 0.15) is 16.8 Å². The van der Waals surface area contributed by atoms with E-state index < -0.39 is 6.17 Å². The molecule has 1 aliphatic rings. The van der Waals surface area contributed by atoms with Crippen molar-refractivity contribution in [3.63, 3.8) is 0 Å². The second kappa shape index (κ2) is 6.09. The highest BCUT2D eigenvalue weighted by Gasteiger charge is 2.26. The van der Waals surface area contributed by atoms with Gasteiger partial charge >= 0.3 is 5.97 Å². The number of carbonyl (C=O) groups excluding carboxylic acids is 1. The Hall–Kier alpha value is -1.23. The number of halogens is 1. The van der Waals surface area contributed by atoms with Crippen LogP contribution < -0.4 is 4.74 Å². The van der Waals surface area contributed by atoms with E-state index in [-0.39, 0.29) is 17.8 Å². The van der Waals surface area contributed by atoms with Gasteiger partial charge < -0.3 is 9.47 Å². The van der Waals surface area contributed by atoms with Gasteiger partial charge in [0.2, 0.25) is 0 Å². The number of carbonyl (C=O) groups is 1. The van der Waals surface area contributed by atoms with Crippen molar-refractivity contribution in [1.82, 2.24) is 0 Å². The van der Waals surface area contributed by atoms with Gasteiger partial charge in [-0.15, -0.1) is 0 Å². The van der Waals surface area contributed by atoms with Crippen LogP contribution in [-0.2, 0) is 4.74 Å². The summed E-state index contributed by atoms with van der Waals surface area (Å²) < 4.78 is 23.1. The minimum Gasteiger partial charge on any atom is -0.497 e. The summed E-state index contributed by atoms with van der Waals surface area (Å²) in [6.45, 7) is 0.274. The second-order valence-electron chi connectivity index (χ2n) is 4.12. The smallest absolute Gasteiger partial charge is 0.338 e. The van der Waals surface area contributed by atoms with Crippen molar-refractivity contribution in [3.8, 4) is 5.75 Å². The first kappa shape index (κ1) is 13.2. The monoisotopic (exact) mass is 270 g/mol. The van der Waals surface area contributed by atoms with Gasteiger partial charge in [-0.2, -0.15) is 11.8 Å². The Kier molecular flexibility index (Phi) is 4.47. The van der Waals surface area contributed by atoms with Crippen LogP contribution in [0.2, 0.25) is 0 Å². The van der Waals surface area contributed by atoms with E-state index in [1.165, 1.54) is 11.8 Å². The Balaban J connectivity index is 1.83. The summed E-state index contributed by atoms with van der Waals surface area (Å²) in [5.74, 6) is 0.823. The molecule has 0 aromatic heterocycles. The summed E-state index contributed by atoms with van der Waals surface area (Å²) in [7, 11) is 1.57. The van der Waals surface area contributed by atoms with Crippen molar-refractivity contribution in [1.29, 1.82) is 0 Å². The average molecular weight is 270 g/mol. The molecule has 1 saturated heterocycles. The second-order valence-corrected chi connectivity index (χ2v) is 5.45. The number of hydrogen-bond acceptors (Lipinski definition) is 4. The number of hydrogen-bond donors (Lipinski definition) is 0. The van der Waals surface area contributed by atoms with Gasteiger partial charge in [0.1, 0.15) is 18.5 Å². The first-order chi connectivity index (χ1) is 8.69. The molecule has 1 heterocycles. The van der Waals surface area contributed by atoms with Gasteiger partial charge in [0.15, 0.2) is 0 Å². The molecule has 3 nitrogen and oxygen atoms in total. The molecule has 0 N–H and O–H groups in total. The lowest BCUT2D eigenvalue weighted by atomic mass is 10.2. The molecule has 0 radical (unpaired) electrons. The number of alkyl halides is 1. The number of esters is 1. The maximum atomic E-state index is 12.9. The highest BCUT2D eigenvalue weighted by Crippen LogP contribution is 2.29. The van der Waals surface area contributed by atoms with Crippen molar-refractivity contribution in [2.24, 2.45) is 0 Å². The quantitative estimate of drug-likeness (QED) is 0.788. The number of ether oxygens (including phenoxy) is 2. The zero-order valence-electron chi connectivity index (χ0n) is 10.1. The van der Waals surface area contributed by atoms with Crippen molar-refractivity contribution in [2.45, 2.75) is 17.8 Å². The number of methoxy groups -OCH3 is 1. The molecule has 0 saturated carbocycles. The highest BCUT2D eigenvalue weighted by atomic mass is 32.2. The van der Waals surface area contributed by atoms with E-state index in [0.717, 1.165) is 0 Å². The van der Waals surface area contributed by atoms with Gasteiger partial charge in [-0.3, -0.25) is 0 Å². The molecule has 0 spiro atoms. The van der Waals surface area contributed by atoms with E-state index in [1.54, 1.807) is 31.4 Å². The summed E-state index contributed by atoms with van der Waals surface area (Å²) in [5, 5.41) is 0.0854. The third-order valence-electron chi connectivity index (χ3n) is 2.76. The van der Waals surface area contributed by atoms with Crippen LogP contribution in [0.5, 0.6) is 5.75 Å². The topological polar surface area (TPSA) is 35.5 Å². The van der Waals surface area contributed by atoms with Gasteiger partial charge in [-0.1, -0.05) is 0 Å². The van der Waals surface area contributed by atoms with Gasteiger partial charge in [-0.05, 0) is 30.7 Å². The minimum absolute atomic E-state index is 0.0854. The van der Waals surface area contributed by atoms with Crippen molar-refractivity contribution in [2.75, 3.05) is 19.5 Å². The third-order valence-corrected chi connectivity index (χ3v) is 4.11. The van der Waals surface area contributed by atoms with Crippen LogP contribution in [0.4, 0.5) is 4.39 Å². The third kappa shape index (κ3) is 3.38. The fourth-order valence-corrected chi connectivity index (χ4v) is 2.88. The zero-order valence-corrected chi connectivity index (χ0v) is 10.9. The number of benzene rings is 1. The summed E-state index contributed by atoms with van der Waals surface area (Å²) in [4.78, 5) is 11.7. The summed E-state index contributed by atoms with van der Waals surface area (Å²) in [6, 6.07) is 6.72. The molecule has 2 atom stereocenters. The lowest BCUT2D eigenvalue weighted by Crippen LogP contribution is -2.15. The average Bonchev–Trinajstić information content (AvgIpc) is 2.82. The molecule has 0 aliphatic carbocycles. The van der Waals surface area contributed by atoms with E-state index >= 15 is 0 Å². The van der Waals surface area contributed by atoms with Crippen molar-refractivity contribution < 1.29 is 18.7 Å². The molecule has 0 bridgehead atoms. The van der Waals surface area contributed by atoms with Gasteiger partial charge in [0.25, 0.3) is 0 Å². The summed E-state index contributed by atoms with van der Waals surface area (Å²) >= 11 is 1.52. The van der Waals surface area contributed by atoms with Crippen LogP contribution in [-0.4, -0.2) is 36.9 Å². The molecule has 1 fully saturated rings. The summed E-state index contributed by atoms with van der Waals surface area (Å²) in [5.41, 5.74) is 0.482.